The van der Waals surface area contributed by atoms with Crippen LogP contribution < -0.4 is 5.32 Å². The molecule has 234 valence electrons. The smallest absolute Gasteiger partial charge is 0.220 e. The van der Waals surface area contributed by atoms with Crippen molar-refractivity contribution in [1.29, 1.82) is 0 Å². The van der Waals surface area contributed by atoms with Gasteiger partial charge >= 0.3 is 0 Å². The lowest BCUT2D eigenvalue weighted by Crippen LogP contribution is -2.45. The number of hydrogen-bond donors (Lipinski definition) is 3. The fourth-order valence-electron chi connectivity index (χ4n) is 5.59. The number of hydrogen-bond acceptors (Lipinski definition) is 3. The van der Waals surface area contributed by atoms with E-state index in [1.165, 1.54) is 148 Å². The molecule has 0 saturated carbocycles. The van der Waals surface area contributed by atoms with Crippen LogP contribution in [0.1, 0.15) is 200 Å². The minimum Gasteiger partial charge on any atom is -0.394 e. The molecule has 4 heteroatoms. The van der Waals surface area contributed by atoms with E-state index in [9.17, 15) is 15.0 Å². The van der Waals surface area contributed by atoms with Crippen LogP contribution in [0.25, 0.3) is 0 Å². The number of carbonyl (C=O) groups is 1. The Morgan fingerprint density at radius 2 is 0.821 bits per heavy atom. The van der Waals surface area contributed by atoms with Gasteiger partial charge in [0.05, 0.1) is 18.8 Å². The molecule has 4 nitrogen and oxygen atoms in total. The molecule has 0 aromatic heterocycles. The van der Waals surface area contributed by atoms with Gasteiger partial charge < -0.3 is 15.5 Å². The summed E-state index contributed by atoms with van der Waals surface area (Å²) in [6, 6.07) is -0.526. The van der Waals surface area contributed by atoms with Crippen molar-refractivity contribution in [3.63, 3.8) is 0 Å². The molecular weight excluding hydrogens is 482 g/mol. The number of nitrogens with one attached hydrogen (secondary N) is 1. The highest BCUT2D eigenvalue weighted by molar-refractivity contribution is 5.76. The van der Waals surface area contributed by atoms with Gasteiger partial charge in [-0.3, -0.25) is 4.79 Å². The van der Waals surface area contributed by atoms with Gasteiger partial charge in [0.1, 0.15) is 0 Å². The van der Waals surface area contributed by atoms with Crippen molar-refractivity contribution >= 4 is 5.91 Å². The third kappa shape index (κ3) is 28.7. The number of carbonyl (C=O) groups excluding carboxylic acids is 1. The highest BCUT2D eigenvalue weighted by atomic mass is 16.3. The molecule has 0 aromatic carbocycles. The van der Waals surface area contributed by atoms with Gasteiger partial charge in [-0.05, 0) is 12.8 Å². The SMILES string of the molecule is CCCCCCCCCCCCCCCCCCC(=O)N[C@@H](CO)[C@H](O)CCCCCCCCCCCCC. The van der Waals surface area contributed by atoms with Gasteiger partial charge in [0.2, 0.25) is 5.91 Å². The first kappa shape index (κ1) is 38.4. The van der Waals surface area contributed by atoms with Crippen molar-refractivity contribution in [2.24, 2.45) is 0 Å². The standard InChI is InChI=1S/C35H71NO3/c1-3-5-7-9-11-13-15-16-17-18-19-21-23-25-27-29-31-35(39)36-33(32-37)34(38)30-28-26-24-22-20-14-12-10-8-6-4-2/h33-34,37-38H,3-32H2,1-2H3,(H,36,39)/t33-,34+/m0/s1. The molecule has 0 unspecified atom stereocenters. The Morgan fingerprint density at radius 3 is 1.15 bits per heavy atom. The zero-order valence-corrected chi connectivity index (χ0v) is 26.7. The summed E-state index contributed by atoms with van der Waals surface area (Å²) in [5.74, 6) is -0.0302. The molecule has 0 aliphatic rings. The molecule has 0 spiro atoms. The monoisotopic (exact) mass is 554 g/mol. The Bertz CT molecular complexity index is 485. The lowest BCUT2D eigenvalue weighted by Gasteiger charge is -2.22. The molecule has 2 atom stereocenters. The maximum absolute atomic E-state index is 12.3. The summed E-state index contributed by atoms with van der Waals surface area (Å²) < 4.78 is 0. The number of rotatable bonds is 32. The molecular formula is C35H71NO3. The van der Waals surface area contributed by atoms with Gasteiger partial charge in [-0.1, -0.05) is 181 Å². The van der Waals surface area contributed by atoms with E-state index in [4.69, 9.17) is 0 Å². The molecule has 1 amide bonds. The quantitative estimate of drug-likeness (QED) is 0.0726. The maximum atomic E-state index is 12.3. The van der Waals surface area contributed by atoms with Crippen molar-refractivity contribution < 1.29 is 15.0 Å². The fourth-order valence-corrected chi connectivity index (χ4v) is 5.59. The molecule has 39 heavy (non-hydrogen) atoms. The minimum atomic E-state index is -0.650. The highest BCUT2D eigenvalue weighted by Gasteiger charge is 2.19. The summed E-state index contributed by atoms with van der Waals surface area (Å²) in [6.45, 7) is 4.35. The van der Waals surface area contributed by atoms with Crippen LogP contribution in [0.2, 0.25) is 0 Å². The summed E-state index contributed by atoms with van der Waals surface area (Å²) >= 11 is 0. The second kappa shape index (κ2) is 31.9. The molecule has 0 fully saturated rings. The molecule has 0 bridgehead atoms. The zero-order valence-electron chi connectivity index (χ0n) is 26.7. The average Bonchev–Trinajstić information content (AvgIpc) is 2.94. The van der Waals surface area contributed by atoms with Crippen molar-refractivity contribution in [3.8, 4) is 0 Å². The molecule has 0 aromatic rings. The lowest BCUT2D eigenvalue weighted by molar-refractivity contribution is -0.123. The van der Waals surface area contributed by atoms with Crippen molar-refractivity contribution in [3.05, 3.63) is 0 Å². The number of unbranched alkanes of at least 4 members (excludes halogenated alkanes) is 25. The summed E-state index contributed by atoms with van der Waals surface area (Å²) in [6.07, 6.45) is 35.8. The van der Waals surface area contributed by atoms with Crippen LogP contribution in [-0.2, 0) is 4.79 Å². The van der Waals surface area contributed by atoms with Crippen LogP contribution in [-0.4, -0.2) is 34.9 Å². The van der Waals surface area contributed by atoms with E-state index in [-0.39, 0.29) is 12.5 Å². The Morgan fingerprint density at radius 1 is 0.513 bits per heavy atom. The molecule has 0 aliphatic heterocycles. The zero-order chi connectivity index (χ0) is 28.7. The van der Waals surface area contributed by atoms with Crippen LogP contribution in [0.4, 0.5) is 0 Å². The fraction of sp³-hybridized carbons (Fsp3) is 0.971. The Labute approximate surface area is 244 Å². The summed E-state index contributed by atoms with van der Waals surface area (Å²) in [5.41, 5.74) is 0. The molecule has 0 radical (unpaired) electrons. The van der Waals surface area contributed by atoms with Crippen LogP contribution >= 0.6 is 0 Å². The van der Waals surface area contributed by atoms with Gasteiger partial charge in [-0.15, -0.1) is 0 Å². The summed E-state index contributed by atoms with van der Waals surface area (Å²) in [4.78, 5) is 12.3. The summed E-state index contributed by atoms with van der Waals surface area (Å²) in [5, 5.41) is 23.0. The Balaban J connectivity index is 3.52. The number of aliphatic hydroxyl groups excluding tert-OH is 2. The third-order valence-electron chi connectivity index (χ3n) is 8.37. The van der Waals surface area contributed by atoms with Crippen molar-refractivity contribution in [1.82, 2.24) is 5.32 Å². The van der Waals surface area contributed by atoms with Gasteiger partial charge in [0.15, 0.2) is 0 Å². The molecule has 0 aliphatic carbocycles. The van der Waals surface area contributed by atoms with E-state index in [0.29, 0.717) is 12.8 Å². The van der Waals surface area contributed by atoms with E-state index in [1.807, 2.05) is 0 Å². The van der Waals surface area contributed by atoms with Gasteiger partial charge in [0, 0.05) is 6.42 Å². The Kier molecular flexibility index (Phi) is 31.4. The second-order valence-electron chi connectivity index (χ2n) is 12.3. The maximum Gasteiger partial charge on any atom is 0.220 e. The largest absolute Gasteiger partial charge is 0.394 e. The normalized spacial score (nSPS) is 13.0. The van der Waals surface area contributed by atoms with E-state index in [0.717, 1.165) is 25.7 Å². The lowest BCUT2D eigenvalue weighted by atomic mass is 10.0. The summed E-state index contributed by atoms with van der Waals surface area (Å²) in [7, 11) is 0. The van der Waals surface area contributed by atoms with Crippen LogP contribution in [0.3, 0.4) is 0 Å². The second-order valence-corrected chi connectivity index (χ2v) is 12.3. The predicted octanol–water partition coefficient (Wildman–Crippen LogP) is 10.2. The molecule has 0 rings (SSSR count). The van der Waals surface area contributed by atoms with Crippen LogP contribution in [0, 0.1) is 0 Å². The van der Waals surface area contributed by atoms with Gasteiger partial charge in [-0.25, -0.2) is 0 Å². The predicted molar refractivity (Wildman–Crippen MR) is 170 cm³/mol. The number of amides is 1. The van der Waals surface area contributed by atoms with E-state index in [1.54, 1.807) is 0 Å². The molecule has 0 saturated heterocycles. The average molecular weight is 554 g/mol. The van der Waals surface area contributed by atoms with Crippen LogP contribution in [0.15, 0.2) is 0 Å². The molecule has 3 N–H and O–H groups in total. The van der Waals surface area contributed by atoms with Gasteiger partial charge in [-0.2, -0.15) is 0 Å². The molecule has 0 heterocycles. The third-order valence-corrected chi connectivity index (χ3v) is 8.37. The Hall–Kier alpha value is -0.610. The van der Waals surface area contributed by atoms with Crippen molar-refractivity contribution in [2.75, 3.05) is 6.61 Å². The van der Waals surface area contributed by atoms with E-state index in [2.05, 4.69) is 19.2 Å². The first-order chi connectivity index (χ1) is 19.2. The topological polar surface area (TPSA) is 69.6 Å². The van der Waals surface area contributed by atoms with Crippen LogP contribution in [0.5, 0.6) is 0 Å². The van der Waals surface area contributed by atoms with E-state index >= 15 is 0 Å². The highest BCUT2D eigenvalue weighted by Crippen LogP contribution is 2.15. The number of aliphatic hydroxyl groups is 2. The first-order valence-corrected chi connectivity index (χ1v) is 17.7. The van der Waals surface area contributed by atoms with Crippen molar-refractivity contribution in [2.45, 2.75) is 212 Å². The minimum absolute atomic E-state index is 0.0302. The van der Waals surface area contributed by atoms with Gasteiger partial charge in [0.25, 0.3) is 0 Å². The first-order valence-electron chi connectivity index (χ1n) is 17.7. The van der Waals surface area contributed by atoms with E-state index < -0.39 is 12.1 Å².